The maximum Gasteiger partial charge on any atom is 0.260 e. The molecule has 0 atom stereocenters. The number of para-hydroxylation sites is 6. The van der Waals surface area contributed by atoms with Gasteiger partial charge in [-0.3, -0.25) is 0 Å². The molecule has 0 radical (unpaired) electrons. The molecule has 350 valence electrons. The second-order valence-electron chi connectivity index (χ2n) is 20.6. The smallest absolute Gasteiger partial charge is 0.260 e. The van der Waals surface area contributed by atoms with Gasteiger partial charge in [0.25, 0.3) is 13.4 Å². The number of fused-ring (bicyclic) bond motifs is 22. The summed E-state index contributed by atoms with van der Waals surface area (Å²) in [6.07, 6.45) is 0. The van der Waals surface area contributed by atoms with E-state index >= 15 is 0 Å². The van der Waals surface area contributed by atoms with Gasteiger partial charge in [-0.2, -0.15) is 0 Å². The van der Waals surface area contributed by atoms with Crippen LogP contribution in [0.4, 0.5) is 0 Å². The molecular formula is C66H34B2N2O6. The standard InChI is InChI=1S/C66H34B2N2O6/c1-7-19-47-41(15-1)61-49(27-25-39-37-13-3-9-21-51(37)75-65(39)61)69(47)35-29-57-63-59(31-35)73-55-33-46-56(34-45(55)67(63)43-17-5-11-23-53(43)71-57)74-60-32-36(30-58-64(60)68(46)44-18-6-12-24-54(44)72-58)70-48-20-8-2-16-42(48)62-50(70)28-26-40-38-14-4-10-22-52(38)76-66(40)62/h1-34H. The van der Waals surface area contributed by atoms with Gasteiger partial charge in [-0.05, 0) is 94.6 Å². The van der Waals surface area contributed by atoms with Crippen molar-refractivity contribution in [1.29, 1.82) is 0 Å². The molecule has 0 unspecified atom stereocenters. The average molecular weight is 973 g/mol. The van der Waals surface area contributed by atoms with Gasteiger partial charge in [0.05, 0.1) is 44.2 Å². The topological polar surface area (TPSA) is 73.1 Å². The van der Waals surface area contributed by atoms with Crippen LogP contribution < -0.4 is 51.7 Å². The Balaban J connectivity index is 0.807. The highest BCUT2D eigenvalue weighted by Gasteiger charge is 2.45. The van der Waals surface area contributed by atoms with Crippen LogP contribution >= 0.6 is 0 Å². The van der Waals surface area contributed by atoms with E-state index < -0.39 is 0 Å². The van der Waals surface area contributed by atoms with Gasteiger partial charge < -0.3 is 36.9 Å². The predicted molar refractivity (Wildman–Crippen MR) is 305 cm³/mol. The molecule has 0 N–H and O–H groups in total. The normalized spacial score (nSPS) is 13.6. The van der Waals surface area contributed by atoms with Gasteiger partial charge in [0.1, 0.15) is 68.3 Å². The van der Waals surface area contributed by atoms with Gasteiger partial charge in [-0.25, -0.2) is 0 Å². The minimum atomic E-state index is -0.201. The Hall–Kier alpha value is -10.1. The fraction of sp³-hybridized carbons (Fsp3) is 0. The molecule has 0 aliphatic carbocycles. The summed E-state index contributed by atoms with van der Waals surface area (Å²) in [6, 6.07) is 72.4. The third-order valence-corrected chi connectivity index (χ3v) is 16.7. The maximum atomic E-state index is 7.29. The zero-order valence-corrected chi connectivity index (χ0v) is 40.1. The van der Waals surface area contributed by atoms with Crippen LogP contribution in [0.3, 0.4) is 0 Å². The molecule has 0 fully saturated rings. The van der Waals surface area contributed by atoms with Crippen LogP contribution in [-0.2, 0) is 0 Å². The van der Waals surface area contributed by atoms with E-state index in [1.165, 1.54) is 0 Å². The SMILES string of the molecule is c1ccc2c(c1)Oc1cc(-n3c4ccccc4c4c5oc6ccccc6c5ccc43)cc3c1B2c1cc2c(cc1O3)B1c3ccccc3Oc3cc(-n4c5ccccc5c5c6oc7ccccc7c6ccc54)cc(c31)O2. The quantitative estimate of drug-likeness (QED) is 0.161. The highest BCUT2D eigenvalue weighted by atomic mass is 16.5. The Morgan fingerprint density at radius 1 is 0.276 bits per heavy atom. The van der Waals surface area contributed by atoms with E-state index in [2.05, 4.69) is 179 Å². The van der Waals surface area contributed by atoms with Crippen LogP contribution in [0, 0.1) is 0 Å². The molecule has 15 aromatic rings. The molecule has 8 heterocycles. The summed E-state index contributed by atoms with van der Waals surface area (Å²) in [5.74, 6) is 6.17. The third kappa shape index (κ3) is 4.96. The number of ether oxygens (including phenoxy) is 4. The van der Waals surface area contributed by atoms with Crippen molar-refractivity contribution in [2.75, 3.05) is 0 Å². The molecule has 0 spiro atoms. The maximum absolute atomic E-state index is 7.29. The summed E-state index contributed by atoms with van der Waals surface area (Å²) in [6.45, 7) is -0.402. The minimum absolute atomic E-state index is 0.201. The van der Waals surface area contributed by atoms with Gasteiger partial charge in [-0.15, -0.1) is 0 Å². The summed E-state index contributed by atoms with van der Waals surface area (Å²) in [5, 5.41) is 8.75. The van der Waals surface area contributed by atoms with Gasteiger partial charge in [0.15, 0.2) is 0 Å². The monoisotopic (exact) mass is 972 g/mol. The van der Waals surface area contributed by atoms with E-state index in [1.54, 1.807) is 0 Å². The van der Waals surface area contributed by atoms with Crippen molar-refractivity contribution in [1.82, 2.24) is 9.13 Å². The third-order valence-electron chi connectivity index (χ3n) is 16.7. The van der Waals surface area contributed by atoms with Crippen molar-refractivity contribution in [3.63, 3.8) is 0 Å². The Morgan fingerprint density at radius 2 is 0.658 bits per heavy atom. The van der Waals surface area contributed by atoms with Crippen molar-refractivity contribution in [3.8, 4) is 57.4 Å². The lowest BCUT2D eigenvalue weighted by atomic mass is 9.32. The molecule has 19 rings (SSSR count). The molecule has 4 aromatic heterocycles. The lowest BCUT2D eigenvalue weighted by Crippen LogP contribution is -2.60. The molecule has 0 saturated carbocycles. The van der Waals surface area contributed by atoms with Crippen molar-refractivity contribution in [2.45, 2.75) is 0 Å². The Labute approximate surface area is 432 Å². The van der Waals surface area contributed by atoms with Gasteiger partial charge in [0.2, 0.25) is 0 Å². The van der Waals surface area contributed by atoms with Crippen LogP contribution in [0.5, 0.6) is 46.0 Å². The van der Waals surface area contributed by atoms with E-state index in [0.717, 1.165) is 178 Å². The van der Waals surface area contributed by atoms with E-state index in [-0.39, 0.29) is 13.4 Å². The summed E-state index contributed by atoms with van der Waals surface area (Å²) in [4.78, 5) is 0. The van der Waals surface area contributed by atoms with E-state index in [1.807, 2.05) is 36.4 Å². The van der Waals surface area contributed by atoms with E-state index in [0.29, 0.717) is 0 Å². The van der Waals surface area contributed by atoms with Crippen LogP contribution in [0.15, 0.2) is 215 Å². The average Bonchev–Trinajstić information content (AvgIpc) is 4.36. The molecule has 0 saturated heterocycles. The molecule has 0 bridgehead atoms. The number of hydrogen-bond acceptors (Lipinski definition) is 6. The zero-order valence-electron chi connectivity index (χ0n) is 40.1. The lowest BCUT2D eigenvalue weighted by molar-refractivity contribution is 0.457. The van der Waals surface area contributed by atoms with Crippen molar-refractivity contribution < 1.29 is 27.8 Å². The Kier molecular flexibility index (Phi) is 7.25. The summed E-state index contributed by atoms with van der Waals surface area (Å²) < 4.78 is 46.4. The first-order valence-electron chi connectivity index (χ1n) is 25.8. The fourth-order valence-corrected chi connectivity index (χ4v) is 13.6. The number of nitrogens with zero attached hydrogens (tertiary/aromatic N) is 2. The van der Waals surface area contributed by atoms with Crippen molar-refractivity contribution in [2.24, 2.45) is 0 Å². The fourth-order valence-electron chi connectivity index (χ4n) is 13.6. The number of hydrogen-bond donors (Lipinski definition) is 0. The number of aromatic nitrogens is 2. The Bertz CT molecular complexity index is 4850. The molecule has 4 aliphatic rings. The first-order chi connectivity index (χ1) is 37.7. The zero-order chi connectivity index (χ0) is 49.1. The summed E-state index contributed by atoms with van der Waals surface area (Å²) >= 11 is 0. The largest absolute Gasteiger partial charge is 0.458 e. The molecule has 4 aliphatic heterocycles. The highest BCUT2D eigenvalue weighted by molar-refractivity contribution is 7.00. The van der Waals surface area contributed by atoms with Crippen molar-refractivity contribution >= 4 is 134 Å². The van der Waals surface area contributed by atoms with Crippen LogP contribution in [0.25, 0.3) is 98.9 Å². The number of benzene rings is 11. The molecular weight excluding hydrogens is 938 g/mol. The summed E-state index contributed by atoms with van der Waals surface area (Å²) in [5.41, 5.74) is 15.7. The van der Waals surface area contributed by atoms with Gasteiger partial charge in [0, 0.05) is 67.5 Å². The molecule has 76 heavy (non-hydrogen) atoms. The molecule has 8 nitrogen and oxygen atoms in total. The second-order valence-corrected chi connectivity index (χ2v) is 20.6. The second kappa shape index (κ2) is 14.0. The van der Waals surface area contributed by atoms with E-state index in [4.69, 9.17) is 27.8 Å². The molecule has 10 heteroatoms. The predicted octanol–water partition coefficient (Wildman–Crippen LogP) is 13.1. The lowest BCUT2D eigenvalue weighted by Gasteiger charge is -2.37. The van der Waals surface area contributed by atoms with E-state index in [9.17, 15) is 0 Å². The van der Waals surface area contributed by atoms with Crippen LogP contribution in [0.1, 0.15) is 0 Å². The molecule has 11 aromatic carbocycles. The van der Waals surface area contributed by atoms with Crippen molar-refractivity contribution in [3.05, 3.63) is 206 Å². The first-order valence-corrected chi connectivity index (χ1v) is 25.8. The van der Waals surface area contributed by atoms with Crippen LogP contribution in [0.2, 0.25) is 0 Å². The number of furan rings is 2. The number of rotatable bonds is 2. The molecule has 0 amide bonds. The minimum Gasteiger partial charge on any atom is -0.458 e. The van der Waals surface area contributed by atoms with Gasteiger partial charge in [-0.1, -0.05) is 109 Å². The highest BCUT2D eigenvalue weighted by Crippen LogP contribution is 2.46. The van der Waals surface area contributed by atoms with Crippen LogP contribution in [-0.4, -0.2) is 22.6 Å². The Morgan fingerprint density at radius 3 is 1.12 bits per heavy atom. The first kappa shape index (κ1) is 39.5. The van der Waals surface area contributed by atoms with Gasteiger partial charge >= 0.3 is 0 Å². The summed E-state index contributed by atoms with van der Waals surface area (Å²) in [7, 11) is 0.